The van der Waals surface area contributed by atoms with Crippen molar-refractivity contribution in [3.63, 3.8) is 0 Å². The highest BCUT2D eigenvalue weighted by Crippen LogP contribution is 2.24. The first-order chi connectivity index (χ1) is 9.36. The van der Waals surface area contributed by atoms with Gasteiger partial charge in [-0.25, -0.2) is 12.8 Å². The molecule has 112 valence electrons. The molecular formula is C13H19FN2O3S. The fraction of sp³-hybridized carbons (Fsp3) is 0.538. The second-order valence-electron chi connectivity index (χ2n) is 5.07. The minimum Gasteiger partial charge on any atom is -0.392 e. The van der Waals surface area contributed by atoms with Gasteiger partial charge in [-0.1, -0.05) is 0 Å². The van der Waals surface area contributed by atoms with Gasteiger partial charge in [0.25, 0.3) is 0 Å². The Labute approximate surface area is 118 Å². The van der Waals surface area contributed by atoms with Gasteiger partial charge in [0, 0.05) is 31.7 Å². The third-order valence-electron chi connectivity index (χ3n) is 3.62. The van der Waals surface area contributed by atoms with Crippen LogP contribution in [0.4, 0.5) is 4.39 Å². The fourth-order valence-electron chi connectivity index (χ4n) is 2.23. The van der Waals surface area contributed by atoms with Gasteiger partial charge in [-0.05, 0) is 31.7 Å². The normalized spacial score (nSPS) is 18.4. The third kappa shape index (κ3) is 2.85. The Hall–Kier alpha value is -1.02. The van der Waals surface area contributed by atoms with E-state index in [9.17, 15) is 12.8 Å². The topological polar surface area (TPSA) is 60.9 Å². The summed E-state index contributed by atoms with van der Waals surface area (Å²) in [5.41, 5.74) is 0.363. The molecule has 1 aliphatic rings. The van der Waals surface area contributed by atoms with Crippen LogP contribution in [0.5, 0.6) is 0 Å². The van der Waals surface area contributed by atoms with Crippen LogP contribution in [-0.2, 0) is 16.6 Å². The Kier molecular flexibility index (Phi) is 4.43. The van der Waals surface area contributed by atoms with E-state index in [1.165, 1.54) is 23.4 Å². The van der Waals surface area contributed by atoms with E-state index in [1.807, 2.05) is 11.9 Å². The Balaban J connectivity index is 2.41. The van der Waals surface area contributed by atoms with Crippen molar-refractivity contribution in [3.05, 3.63) is 29.1 Å². The molecule has 1 heterocycles. The van der Waals surface area contributed by atoms with E-state index < -0.39 is 15.8 Å². The fourth-order valence-corrected chi connectivity index (χ4v) is 3.94. The lowest BCUT2D eigenvalue weighted by atomic mass is 10.1. The van der Waals surface area contributed by atoms with Gasteiger partial charge in [0.05, 0.1) is 11.5 Å². The molecular weight excluding hydrogens is 283 g/mol. The maximum Gasteiger partial charge on any atom is 0.243 e. The Morgan fingerprint density at radius 1 is 1.25 bits per heavy atom. The highest BCUT2D eigenvalue weighted by molar-refractivity contribution is 7.89. The molecule has 2 rings (SSSR count). The molecule has 1 aromatic carbocycles. The number of benzene rings is 1. The number of halogens is 1. The van der Waals surface area contributed by atoms with Crippen LogP contribution in [0.25, 0.3) is 0 Å². The van der Waals surface area contributed by atoms with Crippen molar-refractivity contribution in [2.45, 2.75) is 18.4 Å². The van der Waals surface area contributed by atoms with E-state index in [1.54, 1.807) is 0 Å². The Morgan fingerprint density at radius 3 is 2.40 bits per heavy atom. The van der Waals surface area contributed by atoms with Gasteiger partial charge < -0.3 is 10.0 Å². The van der Waals surface area contributed by atoms with Gasteiger partial charge in [0.15, 0.2) is 0 Å². The summed E-state index contributed by atoms with van der Waals surface area (Å²) in [4.78, 5) is 2.00. The number of likely N-dealkylation sites (N-methyl/N-ethyl adjacent to an activating group) is 1. The van der Waals surface area contributed by atoms with Crippen molar-refractivity contribution in [2.75, 3.05) is 33.2 Å². The lowest BCUT2D eigenvalue weighted by Gasteiger charge is -2.32. The summed E-state index contributed by atoms with van der Waals surface area (Å²) in [5, 5.41) is 9.11. The average Bonchev–Trinajstić information content (AvgIpc) is 2.42. The van der Waals surface area contributed by atoms with Crippen LogP contribution in [0, 0.1) is 12.7 Å². The molecule has 1 fully saturated rings. The maximum atomic E-state index is 13.8. The highest BCUT2D eigenvalue weighted by atomic mass is 32.2. The molecule has 20 heavy (non-hydrogen) atoms. The van der Waals surface area contributed by atoms with Crippen LogP contribution in [-0.4, -0.2) is 56.0 Å². The number of aliphatic hydroxyl groups is 1. The predicted molar refractivity (Wildman–Crippen MR) is 73.3 cm³/mol. The lowest BCUT2D eigenvalue weighted by molar-refractivity contribution is 0.222. The largest absolute Gasteiger partial charge is 0.392 e. The summed E-state index contributed by atoms with van der Waals surface area (Å²) < 4.78 is 40.3. The zero-order valence-corrected chi connectivity index (χ0v) is 12.5. The number of nitrogens with zero attached hydrogens (tertiary/aromatic N) is 2. The Morgan fingerprint density at radius 2 is 1.85 bits per heavy atom. The number of aliphatic hydroxyl groups excluding tert-OH is 1. The van der Waals surface area contributed by atoms with Crippen molar-refractivity contribution in [1.29, 1.82) is 0 Å². The first kappa shape index (κ1) is 15.4. The minimum atomic E-state index is -3.72. The van der Waals surface area contributed by atoms with E-state index in [0.29, 0.717) is 26.2 Å². The average molecular weight is 302 g/mol. The van der Waals surface area contributed by atoms with Gasteiger partial charge in [-0.3, -0.25) is 0 Å². The van der Waals surface area contributed by atoms with Gasteiger partial charge in [-0.2, -0.15) is 4.31 Å². The van der Waals surface area contributed by atoms with Gasteiger partial charge >= 0.3 is 0 Å². The van der Waals surface area contributed by atoms with Crippen molar-refractivity contribution in [2.24, 2.45) is 0 Å². The monoisotopic (exact) mass is 302 g/mol. The summed E-state index contributed by atoms with van der Waals surface area (Å²) in [7, 11) is -1.78. The molecule has 0 unspecified atom stereocenters. The first-order valence-corrected chi connectivity index (χ1v) is 7.89. The zero-order valence-electron chi connectivity index (χ0n) is 11.6. The second-order valence-corrected chi connectivity index (χ2v) is 6.97. The molecule has 0 amide bonds. The molecule has 0 aliphatic carbocycles. The lowest BCUT2D eigenvalue weighted by Crippen LogP contribution is -2.47. The summed E-state index contributed by atoms with van der Waals surface area (Å²) in [6, 6.07) is 2.52. The SMILES string of the molecule is Cc1c(F)cc(CO)cc1S(=O)(=O)N1CCN(C)CC1. The van der Waals surface area contributed by atoms with E-state index in [2.05, 4.69) is 0 Å². The van der Waals surface area contributed by atoms with Crippen molar-refractivity contribution < 1.29 is 17.9 Å². The van der Waals surface area contributed by atoms with Crippen LogP contribution in [0.3, 0.4) is 0 Å². The standard InChI is InChI=1S/C13H19FN2O3S/c1-10-12(14)7-11(9-17)8-13(10)20(18,19)16-5-3-15(2)4-6-16/h7-8,17H,3-6,9H2,1-2H3. The molecule has 1 aromatic rings. The molecule has 0 atom stereocenters. The molecule has 0 radical (unpaired) electrons. The van der Waals surface area contributed by atoms with Crippen LogP contribution >= 0.6 is 0 Å². The summed E-state index contributed by atoms with van der Waals surface area (Å²) in [5.74, 6) is -0.607. The van der Waals surface area contributed by atoms with Crippen LogP contribution in [0.1, 0.15) is 11.1 Å². The molecule has 5 nitrogen and oxygen atoms in total. The van der Waals surface area contributed by atoms with Crippen LogP contribution < -0.4 is 0 Å². The van der Waals surface area contributed by atoms with Crippen LogP contribution in [0.15, 0.2) is 17.0 Å². The van der Waals surface area contributed by atoms with Crippen molar-refractivity contribution in [3.8, 4) is 0 Å². The zero-order chi connectivity index (χ0) is 14.9. The molecule has 0 bridgehead atoms. The minimum absolute atomic E-state index is 0.0499. The van der Waals surface area contributed by atoms with Crippen molar-refractivity contribution in [1.82, 2.24) is 9.21 Å². The second kappa shape index (κ2) is 5.77. The van der Waals surface area contributed by atoms with E-state index in [0.717, 1.165) is 0 Å². The molecule has 7 heteroatoms. The van der Waals surface area contributed by atoms with Gasteiger partial charge in [0.2, 0.25) is 10.0 Å². The van der Waals surface area contributed by atoms with Gasteiger partial charge in [-0.15, -0.1) is 0 Å². The maximum absolute atomic E-state index is 13.8. The number of hydrogen-bond donors (Lipinski definition) is 1. The van der Waals surface area contributed by atoms with Crippen LogP contribution in [0.2, 0.25) is 0 Å². The molecule has 1 aliphatic heterocycles. The third-order valence-corrected chi connectivity index (χ3v) is 5.64. The van der Waals surface area contributed by atoms with Crippen molar-refractivity contribution >= 4 is 10.0 Å². The highest BCUT2D eigenvalue weighted by Gasteiger charge is 2.29. The quantitative estimate of drug-likeness (QED) is 0.886. The molecule has 0 spiro atoms. The molecule has 0 aromatic heterocycles. The summed E-state index contributed by atoms with van der Waals surface area (Å²) >= 11 is 0. The van der Waals surface area contributed by atoms with Gasteiger partial charge in [0.1, 0.15) is 5.82 Å². The first-order valence-electron chi connectivity index (χ1n) is 6.45. The predicted octanol–water partition coefficient (Wildman–Crippen LogP) is 0.563. The number of piperazine rings is 1. The Bertz CT molecular complexity index is 596. The molecule has 1 saturated heterocycles. The number of hydrogen-bond acceptors (Lipinski definition) is 4. The molecule has 1 N–H and O–H groups in total. The number of rotatable bonds is 3. The summed E-state index contributed by atoms with van der Waals surface area (Å²) in [6.45, 7) is 3.15. The summed E-state index contributed by atoms with van der Waals surface area (Å²) in [6.07, 6.45) is 0. The van der Waals surface area contributed by atoms with E-state index in [4.69, 9.17) is 5.11 Å². The smallest absolute Gasteiger partial charge is 0.243 e. The number of sulfonamides is 1. The van der Waals surface area contributed by atoms with E-state index >= 15 is 0 Å². The molecule has 0 saturated carbocycles. The van der Waals surface area contributed by atoms with E-state index in [-0.39, 0.29) is 22.6 Å².